The molecule has 2 fully saturated rings. The number of methoxy groups -OCH3 is 1. The molecular weight excluding hydrogens is 373 g/mol. The van der Waals surface area contributed by atoms with Crippen molar-refractivity contribution in [3.8, 4) is 5.88 Å². The molecule has 1 aliphatic carbocycles. The normalized spacial score (nSPS) is 18.8. The van der Waals surface area contributed by atoms with Crippen molar-refractivity contribution in [2.24, 2.45) is 0 Å². The van der Waals surface area contributed by atoms with E-state index in [4.69, 9.17) is 4.74 Å². The third kappa shape index (κ3) is 3.03. The first kappa shape index (κ1) is 18.0. The first-order chi connectivity index (χ1) is 14.1. The van der Waals surface area contributed by atoms with E-state index in [0.29, 0.717) is 24.6 Å². The van der Waals surface area contributed by atoms with Crippen molar-refractivity contribution in [2.75, 3.05) is 20.2 Å². The van der Waals surface area contributed by atoms with E-state index in [-0.39, 0.29) is 17.6 Å². The van der Waals surface area contributed by atoms with Gasteiger partial charge in [-0.1, -0.05) is 12.1 Å². The summed E-state index contributed by atoms with van der Waals surface area (Å²) in [7, 11) is 1.58. The van der Waals surface area contributed by atoms with Gasteiger partial charge >= 0.3 is 0 Å². The molecule has 8 heteroatoms. The lowest BCUT2D eigenvalue weighted by Crippen LogP contribution is -2.43. The third-order valence-electron chi connectivity index (χ3n) is 6.18. The molecule has 5 rings (SSSR count). The van der Waals surface area contributed by atoms with Crippen molar-refractivity contribution in [3.63, 3.8) is 0 Å². The first-order valence-corrected chi connectivity index (χ1v) is 9.92. The van der Waals surface area contributed by atoms with Crippen LogP contribution in [0.1, 0.15) is 43.0 Å². The number of fused-ring (bicyclic) bond motifs is 1. The first-order valence-electron chi connectivity index (χ1n) is 9.92. The molecule has 0 spiro atoms. The molecule has 0 bridgehead atoms. The predicted octanol–water partition coefficient (Wildman–Crippen LogP) is 2.71. The molecule has 3 aromatic rings. The fourth-order valence-electron chi connectivity index (χ4n) is 4.32. The molecule has 0 unspecified atom stereocenters. The molecule has 150 valence electrons. The van der Waals surface area contributed by atoms with Crippen LogP contribution in [0.5, 0.6) is 5.88 Å². The summed E-state index contributed by atoms with van der Waals surface area (Å²) in [5.41, 5.74) is 1.15. The van der Waals surface area contributed by atoms with Crippen LogP contribution in [-0.2, 0) is 10.2 Å². The molecule has 0 N–H and O–H groups in total. The van der Waals surface area contributed by atoms with E-state index in [1.54, 1.807) is 29.8 Å². The van der Waals surface area contributed by atoms with Gasteiger partial charge in [-0.05, 0) is 49.4 Å². The Kier molecular flexibility index (Phi) is 4.22. The third-order valence-corrected chi connectivity index (χ3v) is 6.18. The highest BCUT2D eigenvalue weighted by molar-refractivity contribution is 5.91. The molecule has 0 atom stereocenters. The van der Waals surface area contributed by atoms with Gasteiger partial charge in [-0.25, -0.2) is 4.39 Å². The summed E-state index contributed by atoms with van der Waals surface area (Å²) in [5.74, 6) is 1.40. The molecule has 2 aromatic heterocycles. The van der Waals surface area contributed by atoms with Crippen LogP contribution >= 0.6 is 0 Å². The quantitative estimate of drug-likeness (QED) is 0.679. The Morgan fingerprint density at radius 2 is 1.83 bits per heavy atom. The van der Waals surface area contributed by atoms with Crippen molar-refractivity contribution in [3.05, 3.63) is 53.6 Å². The monoisotopic (exact) mass is 395 g/mol. The number of hydrogen-bond donors (Lipinski definition) is 0. The Bertz CT molecular complexity index is 1050. The van der Waals surface area contributed by atoms with Crippen LogP contribution in [0.3, 0.4) is 0 Å². The number of likely N-dealkylation sites (tertiary alicyclic amines) is 1. The van der Waals surface area contributed by atoms with E-state index in [0.717, 1.165) is 37.1 Å². The number of rotatable bonds is 4. The van der Waals surface area contributed by atoms with Crippen LogP contribution in [0.2, 0.25) is 0 Å². The Morgan fingerprint density at radius 1 is 1.10 bits per heavy atom. The van der Waals surface area contributed by atoms with Gasteiger partial charge in [0.2, 0.25) is 11.8 Å². The largest absolute Gasteiger partial charge is 0.480 e. The average molecular weight is 395 g/mol. The maximum absolute atomic E-state index is 13.3. The van der Waals surface area contributed by atoms with Crippen molar-refractivity contribution in [1.82, 2.24) is 24.7 Å². The van der Waals surface area contributed by atoms with Gasteiger partial charge in [0, 0.05) is 25.1 Å². The highest BCUT2D eigenvalue weighted by Gasteiger charge is 2.53. The van der Waals surface area contributed by atoms with Gasteiger partial charge in [0.1, 0.15) is 5.82 Å². The second-order valence-corrected chi connectivity index (χ2v) is 7.86. The number of hydrogen-bond acceptors (Lipinski definition) is 5. The van der Waals surface area contributed by atoms with Crippen LogP contribution < -0.4 is 4.74 Å². The summed E-state index contributed by atoms with van der Waals surface area (Å²) in [5, 5.41) is 13.0. The lowest BCUT2D eigenvalue weighted by molar-refractivity contribution is -0.135. The molecule has 3 heterocycles. The Labute approximate surface area is 167 Å². The van der Waals surface area contributed by atoms with E-state index >= 15 is 0 Å². The van der Waals surface area contributed by atoms with Gasteiger partial charge < -0.3 is 9.64 Å². The Morgan fingerprint density at radius 3 is 2.48 bits per heavy atom. The molecular formula is C21H22FN5O2. The van der Waals surface area contributed by atoms with Gasteiger partial charge in [0.05, 0.1) is 12.5 Å². The predicted molar refractivity (Wildman–Crippen MR) is 103 cm³/mol. The fraction of sp³-hybridized carbons (Fsp3) is 0.429. The minimum Gasteiger partial charge on any atom is -0.480 e. The van der Waals surface area contributed by atoms with Crippen molar-refractivity contribution in [1.29, 1.82) is 0 Å². The number of piperidine rings is 1. The average Bonchev–Trinajstić information content (AvgIpc) is 3.47. The maximum atomic E-state index is 13.3. The van der Waals surface area contributed by atoms with Gasteiger partial charge in [-0.3, -0.25) is 4.79 Å². The van der Waals surface area contributed by atoms with Crippen molar-refractivity contribution >= 4 is 11.6 Å². The van der Waals surface area contributed by atoms with Crippen LogP contribution in [0, 0.1) is 5.82 Å². The fourth-order valence-corrected chi connectivity index (χ4v) is 4.32. The second-order valence-electron chi connectivity index (χ2n) is 7.86. The van der Waals surface area contributed by atoms with E-state index in [1.165, 1.54) is 12.1 Å². The lowest BCUT2D eigenvalue weighted by atomic mass is 9.91. The summed E-state index contributed by atoms with van der Waals surface area (Å²) in [6.45, 7) is 1.34. The summed E-state index contributed by atoms with van der Waals surface area (Å²) >= 11 is 0. The molecule has 1 amide bonds. The van der Waals surface area contributed by atoms with E-state index in [9.17, 15) is 9.18 Å². The number of amides is 1. The molecule has 2 aliphatic rings. The lowest BCUT2D eigenvalue weighted by Gasteiger charge is -2.34. The molecule has 1 saturated carbocycles. The van der Waals surface area contributed by atoms with Gasteiger partial charge in [0.15, 0.2) is 11.5 Å². The summed E-state index contributed by atoms with van der Waals surface area (Å²) < 4.78 is 20.2. The number of carbonyl (C=O) groups is 1. The highest BCUT2D eigenvalue weighted by atomic mass is 19.1. The van der Waals surface area contributed by atoms with E-state index in [1.807, 2.05) is 11.0 Å². The summed E-state index contributed by atoms with van der Waals surface area (Å²) in [4.78, 5) is 15.2. The number of benzene rings is 1. The van der Waals surface area contributed by atoms with Gasteiger partial charge in [-0.2, -0.15) is 4.52 Å². The zero-order valence-corrected chi connectivity index (χ0v) is 16.2. The zero-order chi connectivity index (χ0) is 20.0. The van der Waals surface area contributed by atoms with Crippen LogP contribution in [-0.4, -0.2) is 50.8 Å². The number of carbonyl (C=O) groups excluding carboxylic acids is 1. The van der Waals surface area contributed by atoms with E-state index < -0.39 is 5.41 Å². The summed E-state index contributed by atoms with van der Waals surface area (Å²) in [6, 6.07) is 9.96. The second kappa shape index (κ2) is 6.79. The topological polar surface area (TPSA) is 72.6 Å². The maximum Gasteiger partial charge on any atom is 0.233 e. The minimum absolute atomic E-state index is 0.161. The van der Waals surface area contributed by atoms with Crippen LogP contribution in [0.25, 0.3) is 5.65 Å². The number of aromatic nitrogens is 4. The Hall–Kier alpha value is -3.03. The number of nitrogens with zero attached hydrogens (tertiary/aromatic N) is 5. The highest BCUT2D eigenvalue weighted by Crippen LogP contribution is 2.50. The van der Waals surface area contributed by atoms with Gasteiger partial charge in [0.25, 0.3) is 0 Å². The standard InChI is InChI=1S/C21H22FN5O2/c1-29-18-7-6-17-23-24-19(27(17)25-18)14-8-12-26(13-9-14)20(28)21(10-11-21)15-2-4-16(22)5-3-15/h2-7,14H,8-13H2,1H3. The van der Waals surface area contributed by atoms with Crippen molar-refractivity contribution in [2.45, 2.75) is 37.0 Å². The van der Waals surface area contributed by atoms with E-state index in [2.05, 4.69) is 15.3 Å². The zero-order valence-electron chi connectivity index (χ0n) is 16.2. The molecule has 1 saturated heterocycles. The molecule has 1 aliphatic heterocycles. The summed E-state index contributed by atoms with van der Waals surface area (Å²) in [6.07, 6.45) is 3.28. The molecule has 7 nitrogen and oxygen atoms in total. The van der Waals surface area contributed by atoms with Gasteiger partial charge in [-0.15, -0.1) is 15.3 Å². The minimum atomic E-state index is -0.461. The van der Waals surface area contributed by atoms with Crippen molar-refractivity contribution < 1.29 is 13.9 Å². The number of halogens is 1. The SMILES string of the molecule is COc1ccc2nnc(C3CCN(C(=O)C4(c5ccc(F)cc5)CC4)CC3)n2n1. The van der Waals surface area contributed by atoms with Crippen LogP contribution in [0.4, 0.5) is 4.39 Å². The number of ether oxygens (including phenoxy) is 1. The Balaban J connectivity index is 1.31. The molecule has 29 heavy (non-hydrogen) atoms. The smallest absolute Gasteiger partial charge is 0.233 e. The molecule has 0 radical (unpaired) electrons. The molecule has 1 aromatic carbocycles. The van der Waals surface area contributed by atoms with Crippen LogP contribution in [0.15, 0.2) is 36.4 Å².